The number of rotatable bonds is 5. The van der Waals surface area contributed by atoms with E-state index in [1.54, 1.807) is 11.3 Å². The third kappa shape index (κ3) is 3.94. The van der Waals surface area contributed by atoms with E-state index in [-0.39, 0.29) is 11.4 Å². The molecule has 1 saturated heterocycles. The molecule has 23 heavy (non-hydrogen) atoms. The van der Waals surface area contributed by atoms with Crippen molar-refractivity contribution in [1.82, 2.24) is 15.6 Å². The molecule has 2 aliphatic rings. The number of nitrogens with zero attached hydrogens (tertiary/aromatic N) is 1. The van der Waals surface area contributed by atoms with Gasteiger partial charge in [-0.25, -0.2) is 4.98 Å². The molecule has 0 radical (unpaired) electrons. The summed E-state index contributed by atoms with van der Waals surface area (Å²) in [5.41, 5.74) is 0.868. The molecule has 5 heteroatoms. The molecule has 4 nitrogen and oxygen atoms in total. The van der Waals surface area contributed by atoms with E-state index >= 15 is 0 Å². The van der Waals surface area contributed by atoms with Crippen LogP contribution in [0.15, 0.2) is 5.38 Å². The molecule has 128 valence electrons. The van der Waals surface area contributed by atoms with E-state index in [0.29, 0.717) is 18.3 Å². The third-order valence-corrected chi connectivity index (χ3v) is 6.68. The fourth-order valence-electron chi connectivity index (χ4n) is 4.09. The van der Waals surface area contributed by atoms with Gasteiger partial charge in [0.2, 0.25) is 5.91 Å². The second-order valence-electron chi connectivity index (χ2n) is 7.42. The van der Waals surface area contributed by atoms with Crippen molar-refractivity contribution in [2.75, 3.05) is 13.1 Å². The van der Waals surface area contributed by atoms with Gasteiger partial charge in [0.15, 0.2) is 0 Å². The van der Waals surface area contributed by atoms with Crippen LogP contribution in [0.4, 0.5) is 0 Å². The van der Waals surface area contributed by atoms with Crippen LogP contribution in [0.2, 0.25) is 0 Å². The SMILES string of the molecule is Cc1csc(C2(NC(=O)CC(C)C3CCCNC3)CCCC2)n1. The first-order chi connectivity index (χ1) is 11.1. The predicted octanol–water partition coefficient (Wildman–Crippen LogP) is 3.36. The first-order valence-electron chi connectivity index (χ1n) is 9.03. The minimum atomic E-state index is -0.194. The first-order valence-corrected chi connectivity index (χ1v) is 9.91. The highest BCUT2D eigenvalue weighted by molar-refractivity contribution is 7.09. The number of carbonyl (C=O) groups is 1. The van der Waals surface area contributed by atoms with Crippen LogP contribution in [-0.4, -0.2) is 24.0 Å². The van der Waals surface area contributed by atoms with Gasteiger partial charge in [-0.15, -0.1) is 11.3 Å². The Kier molecular flexibility index (Phi) is 5.37. The Morgan fingerprint density at radius 2 is 2.26 bits per heavy atom. The molecular formula is C18H29N3OS. The van der Waals surface area contributed by atoms with E-state index in [0.717, 1.165) is 36.6 Å². The summed E-state index contributed by atoms with van der Waals surface area (Å²) in [6.45, 7) is 6.45. The van der Waals surface area contributed by atoms with Crippen LogP contribution in [0, 0.1) is 18.8 Å². The van der Waals surface area contributed by atoms with Crippen molar-refractivity contribution in [2.45, 2.75) is 64.3 Å². The number of hydrogen-bond donors (Lipinski definition) is 2. The fraction of sp³-hybridized carbons (Fsp3) is 0.778. The molecule has 1 aromatic heterocycles. The van der Waals surface area contributed by atoms with Crippen LogP contribution in [0.1, 0.15) is 62.6 Å². The summed E-state index contributed by atoms with van der Waals surface area (Å²) in [7, 11) is 0. The highest BCUT2D eigenvalue weighted by Gasteiger charge is 2.39. The molecule has 2 atom stereocenters. The van der Waals surface area contributed by atoms with Crippen molar-refractivity contribution < 1.29 is 4.79 Å². The molecule has 2 N–H and O–H groups in total. The van der Waals surface area contributed by atoms with Crippen LogP contribution in [0.3, 0.4) is 0 Å². The monoisotopic (exact) mass is 335 g/mol. The molecule has 3 rings (SSSR count). The molecule has 0 aromatic carbocycles. The molecule has 1 aromatic rings. The largest absolute Gasteiger partial charge is 0.344 e. The third-order valence-electron chi connectivity index (χ3n) is 5.51. The van der Waals surface area contributed by atoms with Gasteiger partial charge in [-0.2, -0.15) is 0 Å². The number of thiazole rings is 1. The maximum absolute atomic E-state index is 12.7. The lowest BCUT2D eigenvalue weighted by molar-refractivity contribution is -0.124. The minimum absolute atomic E-state index is 0.194. The topological polar surface area (TPSA) is 54.0 Å². The van der Waals surface area contributed by atoms with Crippen LogP contribution in [0.25, 0.3) is 0 Å². The number of hydrogen-bond acceptors (Lipinski definition) is 4. The van der Waals surface area contributed by atoms with E-state index in [4.69, 9.17) is 0 Å². The van der Waals surface area contributed by atoms with Crippen molar-refractivity contribution in [2.24, 2.45) is 11.8 Å². The molecule has 1 aliphatic heterocycles. The summed E-state index contributed by atoms with van der Waals surface area (Å²) >= 11 is 1.70. The van der Waals surface area contributed by atoms with Gasteiger partial charge in [0.05, 0.1) is 5.54 Å². The van der Waals surface area contributed by atoms with Gasteiger partial charge in [0.25, 0.3) is 0 Å². The van der Waals surface area contributed by atoms with Crippen molar-refractivity contribution in [3.8, 4) is 0 Å². The summed E-state index contributed by atoms with van der Waals surface area (Å²) in [5.74, 6) is 1.29. The summed E-state index contributed by atoms with van der Waals surface area (Å²) in [6, 6.07) is 0. The van der Waals surface area contributed by atoms with Crippen molar-refractivity contribution in [3.63, 3.8) is 0 Å². The van der Waals surface area contributed by atoms with Crippen molar-refractivity contribution in [1.29, 1.82) is 0 Å². The summed E-state index contributed by atoms with van der Waals surface area (Å²) in [4.78, 5) is 17.4. The normalized spacial score (nSPS) is 25.2. The average molecular weight is 336 g/mol. The number of carbonyl (C=O) groups excluding carboxylic acids is 1. The van der Waals surface area contributed by atoms with Crippen molar-refractivity contribution in [3.05, 3.63) is 16.1 Å². The van der Waals surface area contributed by atoms with E-state index in [9.17, 15) is 4.79 Å². The molecule has 1 aliphatic carbocycles. The molecule has 2 heterocycles. The van der Waals surface area contributed by atoms with Gasteiger partial charge in [-0.1, -0.05) is 19.8 Å². The number of aromatic nitrogens is 1. The Hall–Kier alpha value is -0.940. The molecule has 1 saturated carbocycles. The number of nitrogens with one attached hydrogen (secondary N) is 2. The summed E-state index contributed by atoms with van der Waals surface area (Å²) < 4.78 is 0. The van der Waals surface area contributed by atoms with Gasteiger partial charge < -0.3 is 10.6 Å². The van der Waals surface area contributed by atoms with E-state index in [1.807, 2.05) is 6.92 Å². The molecular weight excluding hydrogens is 306 g/mol. The Balaban J connectivity index is 1.62. The van der Waals surface area contributed by atoms with Gasteiger partial charge >= 0.3 is 0 Å². The molecule has 0 spiro atoms. The van der Waals surface area contributed by atoms with Crippen LogP contribution in [0.5, 0.6) is 0 Å². The summed E-state index contributed by atoms with van der Waals surface area (Å²) in [5, 5.41) is 10.0. The molecule has 0 bridgehead atoms. The summed E-state index contributed by atoms with van der Waals surface area (Å²) in [6.07, 6.45) is 7.55. The van der Waals surface area contributed by atoms with Gasteiger partial charge in [-0.3, -0.25) is 4.79 Å². The first kappa shape index (κ1) is 16.9. The van der Waals surface area contributed by atoms with E-state index < -0.39 is 0 Å². The zero-order valence-electron chi connectivity index (χ0n) is 14.4. The molecule has 2 unspecified atom stereocenters. The number of amides is 1. The lowest BCUT2D eigenvalue weighted by Crippen LogP contribution is -2.45. The molecule has 1 amide bonds. The maximum atomic E-state index is 12.7. The zero-order valence-corrected chi connectivity index (χ0v) is 15.2. The second-order valence-corrected chi connectivity index (χ2v) is 8.28. The Morgan fingerprint density at radius 1 is 1.48 bits per heavy atom. The average Bonchev–Trinajstić information content (AvgIpc) is 3.18. The highest BCUT2D eigenvalue weighted by atomic mass is 32.1. The quantitative estimate of drug-likeness (QED) is 0.867. The highest BCUT2D eigenvalue weighted by Crippen LogP contribution is 2.40. The lowest BCUT2D eigenvalue weighted by atomic mass is 9.85. The van der Waals surface area contributed by atoms with Crippen molar-refractivity contribution >= 4 is 17.2 Å². The fourth-order valence-corrected chi connectivity index (χ4v) is 5.10. The predicted molar refractivity (Wildman–Crippen MR) is 94.5 cm³/mol. The molecule has 2 fully saturated rings. The van der Waals surface area contributed by atoms with Gasteiger partial charge in [-0.05, 0) is 57.5 Å². The standard InChI is InChI=1S/C18H29N3OS/c1-13(15-6-5-9-19-11-15)10-16(22)21-18(7-3-4-8-18)17-20-14(2)12-23-17/h12-13,15,19H,3-11H2,1-2H3,(H,21,22). The van der Waals surface area contributed by atoms with Crippen LogP contribution in [-0.2, 0) is 10.3 Å². The lowest BCUT2D eigenvalue weighted by Gasteiger charge is -2.31. The van der Waals surface area contributed by atoms with E-state index in [2.05, 4.69) is 27.9 Å². The van der Waals surface area contributed by atoms with Crippen LogP contribution >= 0.6 is 11.3 Å². The second kappa shape index (κ2) is 7.31. The minimum Gasteiger partial charge on any atom is -0.344 e. The maximum Gasteiger partial charge on any atom is 0.221 e. The van der Waals surface area contributed by atoms with Gasteiger partial charge in [0, 0.05) is 17.5 Å². The Labute approximate surface area is 143 Å². The van der Waals surface area contributed by atoms with Crippen LogP contribution < -0.4 is 10.6 Å². The number of aryl methyl sites for hydroxylation is 1. The Bertz CT molecular complexity index is 530. The zero-order chi connectivity index (χ0) is 16.3. The van der Waals surface area contributed by atoms with E-state index in [1.165, 1.54) is 25.7 Å². The Morgan fingerprint density at radius 3 is 2.87 bits per heavy atom. The van der Waals surface area contributed by atoms with Gasteiger partial charge in [0.1, 0.15) is 5.01 Å². The smallest absolute Gasteiger partial charge is 0.221 e. The number of piperidine rings is 1.